The van der Waals surface area contributed by atoms with Crippen molar-refractivity contribution in [2.75, 3.05) is 58.3 Å². The molecule has 0 spiro atoms. The monoisotopic (exact) mass is 453 g/mol. The van der Waals surface area contributed by atoms with Crippen LogP contribution >= 0.6 is 0 Å². The molecule has 1 fully saturated rings. The molecule has 176 valence electrons. The maximum atomic E-state index is 13.0. The van der Waals surface area contributed by atoms with Crippen LogP contribution < -0.4 is 15.5 Å². The normalized spacial score (nSPS) is 17.5. The van der Waals surface area contributed by atoms with E-state index in [4.69, 9.17) is 0 Å². The van der Waals surface area contributed by atoms with Gasteiger partial charge in [0, 0.05) is 58.5 Å². The number of rotatable bonds is 6. The van der Waals surface area contributed by atoms with Crippen molar-refractivity contribution in [2.45, 2.75) is 19.0 Å². The number of piperazine rings is 1. The number of anilines is 1. The van der Waals surface area contributed by atoms with Gasteiger partial charge in [0.2, 0.25) is 0 Å². The summed E-state index contributed by atoms with van der Waals surface area (Å²) in [5.41, 5.74) is 4.49. The van der Waals surface area contributed by atoms with Gasteiger partial charge in [0.1, 0.15) is 5.82 Å². The van der Waals surface area contributed by atoms with Crippen molar-refractivity contribution in [3.8, 4) is 0 Å². The highest BCUT2D eigenvalue weighted by Gasteiger charge is 2.27. The number of nitrogens with one attached hydrogen (secondary N) is 2. The van der Waals surface area contributed by atoms with Crippen LogP contribution in [0.5, 0.6) is 0 Å². The third-order valence-electron chi connectivity index (χ3n) is 6.62. The van der Waals surface area contributed by atoms with Crippen LogP contribution in [0, 0.1) is 5.82 Å². The molecule has 33 heavy (non-hydrogen) atoms. The van der Waals surface area contributed by atoms with Crippen LogP contribution in [0.25, 0.3) is 0 Å². The summed E-state index contributed by atoms with van der Waals surface area (Å²) in [5, 5.41) is 5.44. The van der Waals surface area contributed by atoms with Gasteiger partial charge in [-0.25, -0.2) is 4.39 Å². The Kier molecular flexibility index (Phi) is 7.25. The van der Waals surface area contributed by atoms with Crippen molar-refractivity contribution in [3.05, 3.63) is 65.0 Å². The molecule has 7 nitrogen and oxygen atoms in total. The number of fused-ring (bicyclic) bond motifs is 1. The van der Waals surface area contributed by atoms with Crippen molar-refractivity contribution >= 4 is 17.5 Å². The lowest BCUT2D eigenvalue weighted by Gasteiger charge is -2.38. The van der Waals surface area contributed by atoms with Crippen LogP contribution in [-0.2, 0) is 22.6 Å². The predicted molar refractivity (Wildman–Crippen MR) is 126 cm³/mol. The molecule has 2 amide bonds. The molecule has 2 aliphatic rings. The van der Waals surface area contributed by atoms with E-state index in [0.29, 0.717) is 6.54 Å². The lowest BCUT2D eigenvalue weighted by Crippen LogP contribution is -2.49. The zero-order valence-electron chi connectivity index (χ0n) is 19.3. The Morgan fingerprint density at radius 2 is 1.64 bits per heavy atom. The van der Waals surface area contributed by atoms with E-state index in [1.165, 1.54) is 28.9 Å². The van der Waals surface area contributed by atoms with Crippen molar-refractivity contribution in [3.63, 3.8) is 0 Å². The quantitative estimate of drug-likeness (QED) is 0.650. The first-order valence-electron chi connectivity index (χ1n) is 11.5. The second-order valence-electron chi connectivity index (χ2n) is 8.93. The highest BCUT2D eigenvalue weighted by molar-refractivity contribution is 6.35. The largest absolute Gasteiger partial charge is 0.374 e. The molecule has 0 aliphatic carbocycles. The minimum Gasteiger partial charge on any atom is -0.374 e. The van der Waals surface area contributed by atoms with Gasteiger partial charge in [-0.05, 0) is 48.4 Å². The molecule has 0 radical (unpaired) electrons. The summed E-state index contributed by atoms with van der Waals surface area (Å²) in [7, 11) is 4.22. The van der Waals surface area contributed by atoms with Crippen molar-refractivity contribution in [2.24, 2.45) is 0 Å². The third kappa shape index (κ3) is 5.69. The van der Waals surface area contributed by atoms with Gasteiger partial charge < -0.3 is 20.4 Å². The Bertz CT molecular complexity index is 989. The van der Waals surface area contributed by atoms with Crippen LogP contribution in [0.4, 0.5) is 10.1 Å². The van der Waals surface area contributed by atoms with Crippen molar-refractivity contribution in [1.29, 1.82) is 0 Å². The summed E-state index contributed by atoms with van der Waals surface area (Å²) in [4.78, 5) is 31.8. The first-order chi connectivity index (χ1) is 15.9. The molecule has 2 N–H and O–H groups in total. The average molecular weight is 454 g/mol. The predicted octanol–water partition coefficient (Wildman–Crippen LogP) is 1.54. The van der Waals surface area contributed by atoms with E-state index in [-0.39, 0.29) is 18.4 Å². The van der Waals surface area contributed by atoms with Gasteiger partial charge >= 0.3 is 11.8 Å². The molecule has 0 aromatic heterocycles. The average Bonchev–Trinajstić information content (AvgIpc) is 3.19. The standard InChI is InChI=1S/C25H32FN5O2/c1-29-11-13-31(14-12-29)23(19-5-8-22-20(15-19)9-10-30(22)2)17-28-25(33)24(32)27-16-18-3-6-21(26)7-4-18/h3-8,15,23H,9-14,16-17H2,1-2H3,(H,27,32)(H,28,33). The van der Waals surface area contributed by atoms with Gasteiger partial charge in [0.25, 0.3) is 0 Å². The fourth-order valence-corrected chi connectivity index (χ4v) is 4.52. The fraction of sp³-hybridized carbons (Fsp3) is 0.440. The summed E-state index contributed by atoms with van der Waals surface area (Å²) in [6.07, 6.45) is 1.02. The molecule has 4 rings (SSSR count). The second-order valence-corrected chi connectivity index (χ2v) is 8.93. The Morgan fingerprint density at radius 1 is 0.939 bits per heavy atom. The van der Waals surface area contributed by atoms with Gasteiger partial charge in [-0.15, -0.1) is 0 Å². The van der Waals surface area contributed by atoms with Gasteiger partial charge in [0.05, 0.1) is 6.04 Å². The number of carbonyl (C=O) groups is 2. The highest BCUT2D eigenvalue weighted by Crippen LogP contribution is 2.31. The maximum Gasteiger partial charge on any atom is 0.309 e. The third-order valence-corrected chi connectivity index (χ3v) is 6.62. The van der Waals surface area contributed by atoms with Gasteiger partial charge in [-0.1, -0.05) is 24.3 Å². The Labute approximate surface area is 194 Å². The summed E-state index contributed by atoms with van der Waals surface area (Å²) >= 11 is 0. The first-order valence-corrected chi connectivity index (χ1v) is 11.5. The minimum absolute atomic E-state index is 0.00348. The first kappa shape index (κ1) is 23.2. The number of hydrogen-bond donors (Lipinski definition) is 2. The van der Waals surface area contributed by atoms with E-state index in [9.17, 15) is 14.0 Å². The summed E-state index contributed by atoms with van der Waals surface area (Å²) in [5.74, 6) is -1.68. The van der Waals surface area contributed by atoms with Crippen LogP contribution in [0.1, 0.15) is 22.7 Å². The Balaban J connectivity index is 1.40. The fourth-order valence-electron chi connectivity index (χ4n) is 4.52. The minimum atomic E-state index is -0.688. The van der Waals surface area contributed by atoms with Gasteiger partial charge in [0.15, 0.2) is 0 Å². The van der Waals surface area contributed by atoms with Crippen molar-refractivity contribution in [1.82, 2.24) is 20.4 Å². The number of nitrogens with zero attached hydrogens (tertiary/aromatic N) is 3. The molecule has 2 aliphatic heterocycles. The molecule has 1 atom stereocenters. The van der Waals surface area contributed by atoms with E-state index in [0.717, 1.165) is 44.7 Å². The SMILES string of the molecule is CN1CCN(C(CNC(=O)C(=O)NCc2ccc(F)cc2)c2ccc3c(c2)CCN3C)CC1. The number of carbonyl (C=O) groups excluding carboxylic acids is 2. The molecule has 2 aromatic carbocycles. The van der Waals surface area contributed by atoms with E-state index >= 15 is 0 Å². The van der Waals surface area contributed by atoms with E-state index < -0.39 is 11.8 Å². The number of amides is 2. The molecule has 2 aromatic rings. The zero-order valence-corrected chi connectivity index (χ0v) is 19.3. The van der Waals surface area contributed by atoms with Crippen LogP contribution in [0.2, 0.25) is 0 Å². The summed E-state index contributed by atoms with van der Waals surface area (Å²) < 4.78 is 13.0. The topological polar surface area (TPSA) is 67.9 Å². The smallest absolute Gasteiger partial charge is 0.309 e. The van der Waals surface area contributed by atoms with Gasteiger partial charge in [-0.2, -0.15) is 0 Å². The molecule has 1 saturated heterocycles. The molecule has 1 unspecified atom stereocenters. The van der Waals surface area contributed by atoms with Crippen LogP contribution in [0.3, 0.4) is 0 Å². The van der Waals surface area contributed by atoms with Crippen LogP contribution in [-0.4, -0.2) is 75.0 Å². The number of likely N-dealkylation sites (N-methyl/N-ethyl adjacent to an activating group) is 2. The molecule has 0 saturated carbocycles. The maximum absolute atomic E-state index is 13.0. The molecule has 8 heteroatoms. The molecular formula is C25H32FN5O2. The number of halogens is 1. The van der Waals surface area contributed by atoms with E-state index in [2.05, 4.69) is 57.6 Å². The Hall–Kier alpha value is -2.97. The zero-order chi connectivity index (χ0) is 23.4. The Morgan fingerprint density at radius 3 is 2.36 bits per heavy atom. The lowest BCUT2D eigenvalue weighted by molar-refractivity contribution is -0.139. The van der Waals surface area contributed by atoms with Gasteiger partial charge in [-0.3, -0.25) is 14.5 Å². The van der Waals surface area contributed by atoms with E-state index in [1.54, 1.807) is 12.1 Å². The second kappa shape index (κ2) is 10.3. The van der Waals surface area contributed by atoms with E-state index in [1.807, 2.05) is 0 Å². The summed E-state index contributed by atoms with van der Waals surface area (Å²) in [6.45, 7) is 5.30. The molecular weight excluding hydrogens is 421 g/mol. The summed E-state index contributed by atoms with van der Waals surface area (Å²) in [6, 6.07) is 12.4. The molecule has 2 heterocycles. The number of benzene rings is 2. The molecule has 0 bridgehead atoms. The number of hydrogen-bond acceptors (Lipinski definition) is 5. The van der Waals surface area contributed by atoms with Crippen molar-refractivity contribution < 1.29 is 14.0 Å². The highest BCUT2D eigenvalue weighted by atomic mass is 19.1. The lowest BCUT2D eigenvalue weighted by atomic mass is 10.00. The van der Waals surface area contributed by atoms with Crippen LogP contribution in [0.15, 0.2) is 42.5 Å².